The predicted molar refractivity (Wildman–Crippen MR) is 76.8 cm³/mol. The normalized spacial score (nSPS) is 22.7. The zero-order valence-corrected chi connectivity index (χ0v) is 13.0. The van der Waals surface area contributed by atoms with Crippen LogP contribution in [0.3, 0.4) is 0 Å². The molecule has 0 saturated carbocycles. The van der Waals surface area contributed by atoms with Crippen molar-refractivity contribution in [3.05, 3.63) is 34.1 Å². The van der Waals surface area contributed by atoms with Crippen LogP contribution in [-0.4, -0.2) is 41.3 Å². The van der Waals surface area contributed by atoms with Crippen LogP contribution in [0, 0.1) is 21.8 Å². The standard InChI is InChI=1S/C13H15FN2O6S/c1-8-10(13(17)18)3-2-6-15(8)23(21,22)12-5-4-9(16(19)20)7-11(12)14/h4-5,7-8,10H,2-3,6H2,1H3,(H,17,18)/t8-,10-/m1/s1. The highest BCUT2D eigenvalue weighted by molar-refractivity contribution is 7.89. The van der Waals surface area contributed by atoms with Gasteiger partial charge in [-0.15, -0.1) is 0 Å². The zero-order chi connectivity index (χ0) is 17.4. The molecule has 0 amide bonds. The van der Waals surface area contributed by atoms with E-state index in [-0.39, 0.29) is 6.54 Å². The Bertz CT molecular complexity index is 751. The number of carboxylic acids is 1. The number of sulfonamides is 1. The van der Waals surface area contributed by atoms with E-state index < -0.39 is 49.3 Å². The molecule has 2 rings (SSSR count). The van der Waals surface area contributed by atoms with Gasteiger partial charge in [0.1, 0.15) is 10.7 Å². The summed E-state index contributed by atoms with van der Waals surface area (Å²) in [6, 6.07) is 1.44. The van der Waals surface area contributed by atoms with Gasteiger partial charge in [-0.05, 0) is 25.8 Å². The number of benzene rings is 1. The third-order valence-corrected chi connectivity index (χ3v) is 5.98. The second kappa shape index (κ2) is 6.20. The molecule has 10 heteroatoms. The molecule has 1 aliphatic rings. The number of hydrogen-bond acceptors (Lipinski definition) is 5. The van der Waals surface area contributed by atoms with Crippen LogP contribution in [-0.2, 0) is 14.8 Å². The number of carboxylic acid groups (broad SMARTS) is 1. The molecule has 1 aromatic rings. The molecule has 1 aromatic carbocycles. The van der Waals surface area contributed by atoms with Crippen molar-refractivity contribution in [3.63, 3.8) is 0 Å². The van der Waals surface area contributed by atoms with E-state index in [4.69, 9.17) is 5.11 Å². The largest absolute Gasteiger partial charge is 0.481 e. The molecule has 0 aliphatic carbocycles. The Hall–Kier alpha value is -2.07. The molecule has 0 spiro atoms. The van der Waals surface area contributed by atoms with Crippen LogP contribution in [0.4, 0.5) is 10.1 Å². The minimum Gasteiger partial charge on any atom is -0.481 e. The van der Waals surface area contributed by atoms with Crippen molar-refractivity contribution in [1.82, 2.24) is 4.31 Å². The van der Waals surface area contributed by atoms with Gasteiger partial charge in [-0.2, -0.15) is 4.31 Å². The molecule has 23 heavy (non-hydrogen) atoms. The van der Waals surface area contributed by atoms with Crippen LogP contribution in [0.2, 0.25) is 0 Å². The van der Waals surface area contributed by atoms with E-state index in [2.05, 4.69) is 0 Å². The monoisotopic (exact) mass is 346 g/mol. The van der Waals surface area contributed by atoms with E-state index >= 15 is 0 Å². The summed E-state index contributed by atoms with van der Waals surface area (Å²) in [5.74, 6) is -3.22. The van der Waals surface area contributed by atoms with Gasteiger partial charge in [-0.3, -0.25) is 14.9 Å². The Morgan fingerprint density at radius 3 is 2.65 bits per heavy atom. The third-order valence-electron chi connectivity index (χ3n) is 3.96. The van der Waals surface area contributed by atoms with Gasteiger partial charge < -0.3 is 5.11 Å². The van der Waals surface area contributed by atoms with Crippen molar-refractivity contribution in [2.45, 2.75) is 30.7 Å². The van der Waals surface area contributed by atoms with Gasteiger partial charge in [0, 0.05) is 18.7 Å². The Kier molecular flexibility index (Phi) is 4.66. The fourth-order valence-corrected chi connectivity index (χ4v) is 4.47. The molecule has 8 nitrogen and oxygen atoms in total. The maximum atomic E-state index is 14.0. The van der Waals surface area contributed by atoms with Crippen molar-refractivity contribution in [1.29, 1.82) is 0 Å². The SMILES string of the molecule is C[C@@H]1[C@H](C(=O)O)CCCN1S(=O)(=O)c1ccc([N+](=O)[O-])cc1F. The molecule has 1 saturated heterocycles. The van der Waals surface area contributed by atoms with Crippen molar-refractivity contribution in [3.8, 4) is 0 Å². The number of nitro groups is 1. The van der Waals surface area contributed by atoms with Crippen molar-refractivity contribution in [2.24, 2.45) is 5.92 Å². The molecule has 0 unspecified atom stereocenters. The first-order chi connectivity index (χ1) is 10.7. The minimum absolute atomic E-state index is 0.0731. The molecule has 1 aliphatic heterocycles. The van der Waals surface area contributed by atoms with E-state index in [1.165, 1.54) is 6.92 Å². The summed E-state index contributed by atoms with van der Waals surface area (Å²) in [4.78, 5) is 20.3. The summed E-state index contributed by atoms with van der Waals surface area (Å²) in [6.45, 7) is 1.53. The minimum atomic E-state index is -4.28. The quantitative estimate of drug-likeness (QED) is 0.653. The van der Waals surface area contributed by atoms with Crippen LogP contribution >= 0.6 is 0 Å². The molecule has 2 atom stereocenters. The first-order valence-corrected chi connectivity index (χ1v) is 8.29. The van der Waals surface area contributed by atoms with E-state index in [0.717, 1.165) is 16.4 Å². The molecular formula is C13H15FN2O6S. The highest BCUT2D eigenvalue weighted by Gasteiger charge is 2.40. The average molecular weight is 346 g/mol. The van der Waals surface area contributed by atoms with Gasteiger partial charge in [0.15, 0.2) is 0 Å². The van der Waals surface area contributed by atoms with E-state index in [0.29, 0.717) is 18.9 Å². The summed E-state index contributed by atoms with van der Waals surface area (Å²) in [7, 11) is -4.28. The lowest BCUT2D eigenvalue weighted by Crippen LogP contribution is -2.49. The second-order valence-corrected chi connectivity index (χ2v) is 7.17. The Morgan fingerprint density at radius 1 is 1.48 bits per heavy atom. The molecule has 0 aromatic heterocycles. The van der Waals surface area contributed by atoms with Crippen LogP contribution in [0.1, 0.15) is 19.8 Å². The Balaban J connectivity index is 2.42. The first kappa shape index (κ1) is 17.3. The van der Waals surface area contributed by atoms with Gasteiger partial charge in [0.2, 0.25) is 10.0 Å². The molecule has 126 valence electrons. The second-order valence-electron chi connectivity index (χ2n) is 5.32. The van der Waals surface area contributed by atoms with Crippen LogP contribution in [0.15, 0.2) is 23.1 Å². The molecule has 1 fully saturated rings. The lowest BCUT2D eigenvalue weighted by molar-refractivity contribution is -0.385. The highest BCUT2D eigenvalue weighted by Crippen LogP contribution is 2.31. The molecule has 0 bridgehead atoms. The lowest BCUT2D eigenvalue weighted by atomic mass is 9.92. The number of nitro benzene ring substituents is 1. The number of carbonyl (C=O) groups is 1. The van der Waals surface area contributed by atoms with Crippen LogP contribution < -0.4 is 0 Å². The zero-order valence-electron chi connectivity index (χ0n) is 12.2. The lowest BCUT2D eigenvalue weighted by Gasteiger charge is -2.36. The van der Waals surface area contributed by atoms with Gasteiger partial charge >= 0.3 is 5.97 Å². The van der Waals surface area contributed by atoms with Crippen molar-refractivity contribution in [2.75, 3.05) is 6.54 Å². The molecule has 1 heterocycles. The average Bonchev–Trinajstić information content (AvgIpc) is 2.46. The van der Waals surface area contributed by atoms with Gasteiger partial charge in [0.05, 0.1) is 16.9 Å². The fraction of sp³-hybridized carbons (Fsp3) is 0.462. The van der Waals surface area contributed by atoms with Crippen molar-refractivity contribution < 1.29 is 27.6 Å². The smallest absolute Gasteiger partial charge is 0.308 e. The number of non-ortho nitro benzene ring substituents is 1. The highest BCUT2D eigenvalue weighted by atomic mass is 32.2. The molecule has 0 radical (unpaired) electrons. The molecule has 1 N–H and O–H groups in total. The van der Waals surface area contributed by atoms with Crippen molar-refractivity contribution >= 4 is 21.7 Å². The van der Waals surface area contributed by atoms with Crippen LogP contribution in [0.25, 0.3) is 0 Å². The molecular weight excluding hydrogens is 331 g/mol. The van der Waals surface area contributed by atoms with Crippen LogP contribution in [0.5, 0.6) is 0 Å². The number of halogens is 1. The summed E-state index contributed by atoms with van der Waals surface area (Å²) < 4.78 is 40.1. The van der Waals surface area contributed by atoms with Gasteiger partial charge in [-0.1, -0.05) is 0 Å². The summed E-state index contributed by atoms with van der Waals surface area (Å²) >= 11 is 0. The fourth-order valence-electron chi connectivity index (χ4n) is 2.72. The van der Waals surface area contributed by atoms with E-state index in [9.17, 15) is 27.7 Å². The van der Waals surface area contributed by atoms with E-state index in [1.54, 1.807) is 0 Å². The number of hydrogen-bond donors (Lipinski definition) is 1. The third kappa shape index (κ3) is 3.17. The first-order valence-electron chi connectivity index (χ1n) is 6.85. The number of piperidine rings is 1. The number of nitrogens with zero attached hydrogens (tertiary/aromatic N) is 2. The van der Waals surface area contributed by atoms with Gasteiger partial charge in [-0.25, -0.2) is 12.8 Å². The maximum Gasteiger partial charge on any atom is 0.308 e. The number of rotatable bonds is 4. The topological polar surface area (TPSA) is 118 Å². The summed E-state index contributed by atoms with van der Waals surface area (Å²) in [5, 5.41) is 19.7. The summed E-state index contributed by atoms with van der Waals surface area (Å²) in [5.41, 5.74) is -0.559. The summed E-state index contributed by atoms with van der Waals surface area (Å²) in [6.07, 6.45) is 0.681. The van der Waals surface area contributed by atoms with E-state index in [1.807, 2.05) is 0 Å². The Labute approximate surface area is 131 Å². The Morgan fingerprint density at radius 2 is 2.13 bits per heavy atom. The van der Waals surface area contributed by atoms with Gasteiger partial charge in [0.25, 0.3) is 5.69 Å². The maximum absolute atomic E-state index is 14.0. The number of aliphatic carboxylic acids is 1. The predicted octanol–water partition coefficient (Wildman–Crippen LogP) is 1.61.